The highest BCUT2D eigenvalue weighted by Crippen LogP contribution is 2.32. The first-order valence-corrected chi connectivity index (χ1v) is 8.94. The summed E-state index contributed by atoms with van der Waals surface area (Å²) in [5.41, 5.74) is -2.61. The van der Waals surface area contributed by atoms with Crippen molar-refractivity contribution in [2.24, 2.45) is 0 Å². The fourth-order valence-corrected chi connectivity index (χ4v) is 2.56. The molecular weight excluding hydrogens is 407 g/mol. The molecule has 2 rings (SSSR count). The topological polar surface area (TPSA) is 103 Å². The second-order valence-corrected chi connectivity index (χ2v) is 6.60. The Balaban J connectivity index is 2.26. The van der Waals surface area contributed by atoms with E-state index in [1.165, 1.54) is 21.0 Å². The van der Waals surface area contributed by atoms with Gasteiger partial charge in [0.25, 0.3) is 5.56 Å². The number of nitrogens with zero attached hydrogens (tertiary/aromatic N) is 2. The molecule has 30 heavy (non-hydrogen) atoms. The van der Waals surface area contributed by atoms with E-state index in [9.17, 15) is 22.8 Å². The number of hydrogen-bond donors (Lipinski definition) is 2. The van der Waals surface area contributed by atoms with E-state index in [1.54, 1.807) is 24.3 Å². The number of aliphatic carboxylic acids is 1. The maximum absolute atomic E-state index is 13.6. The molecule has 1 unspecified atom stereocenters. The van der Waals surface area contributed by atoms with E-state index in [-0.39, 0.29) is 13.2 Å². The number of carbonyl (C=O) groups is 1. The van der Waals surface area contributed by atoms with Gasteiger partial charge in [0.05, 0.1) is 32.1 Å². The average molecular weight is 429 g/mol. The molecule has 1 aromatic heterocycles. The second-order valence-electron chi connectivity index (χ2n) is 6.60. The van der Waals surface area contributed by atoms with Crippen LogP contribution in [-0.2, 0) is 22.3 Å². The molecule has 11 heteroatoms. The van der Waals surface area contributed by atoms with Gasteiger partial charge in [-0.3, -0.25) is 4.79 Å². The smallest absolute Gasteiger partial charge is 0.423 e. The Labute approximate surface area is 170 Å². The predicted octanol–water partition coefficient (Wildman–Crippen LogP) is 2.61. The van der Waals surface area contributed by atoms with Crippen molar-refractivity contribution in [1.29, 1.82) is 0 Å². The van der Waals surface area contributed by atoms with Crippen LogP contribution in [0.25, 0.3) is 0 Å². The van der Waals surface area contributed by atoms with Crippen LogP contribution in [0.15, 0.2) is 35.3 Å². The zero-order chi connectivity index (χ0) is 22.5. The maximum Gasteiger partial charge on any atom is 0.423 e. The van der Waals surface area contributed by atoms with Gasteiger partial charge in [0.1, 0.15) is 11.3 Å². The number of anilines is 1. The number of aromatic nitrogens is 2. The Morgan fingerprint density at radius 1 is 1.27 bits per heavy atom. The van der Waals surface area contributed by atoms with Gasteiger partial charge in [0.15, 0.2) is 6.10 Å². The first kappa shape index (κ1) is 23.2. The predicted molar refractivity (Wildman–Crippen MR) is 102 cm³/mol. The number of carboxylic acids is 1. The third-order valence-electron chi connectivity index (χ3n) is 4.16. The van der Waals surface area contributed by atoms with Crippen LogP contribution in [0.5, 0.6) is 5.75 Å². The van der Waals surface area contributed by atoms with E-state index in [4.69, 9.17) is 14.6 Å². The number of halogens is 3. The van der Waals surface area contributed by atoms with Crippen LogP contribution in [0.2, 0.25) is 0 Å². The Hall–Kier alpha value is -3.08. The number of ether oxygens (including phenoxy) is 2. The molecule has 0 fully saturated rings. The molecule has 0 radical (unpaired) electrons. The minimum atomic E-state index is -4.92. The molecule has 0 spiro atoms. The van der Waals surface area contributed by atoms with E-state index in [0.717, 1.165) is 10.9 Å². The lowest BCUT2D eigenvalue weighted by atomic mass is 10.2. The van der Waals surface area contributed by atoms with Crippen molar-refractivity contribution >= 4 is 11.7 Å². The molecular formula is C19H22F3N3O5. The Morgan fingerprint density at radius 3 is 2.43 bits per heavy atom. The summed E-state index contributed by atoms with van der Waals surface area (Å²) in [5.74, 6) is -0.621. The summed E-state index contributed by atoms with van der Waals surface area (Å²) in [4.78, 5) is 23.3. The van der Waals surface area contributed by atoms with Gasteiger partial charge in [0.2, 0.25) is 0 Å². The lowest BCUT2D eigenvalue weighted by molar-refractivity contribution is -0.149. The minimum Gasteiger partial charge on any atom is -0.497 e. The summed E-state index contributed by atoms with van der Waals surface area (Å²) in [6.07, 6.45) is -5.11. The maximum atomic E-state index is 13.6. The summed E-state index contributed by atoms with van der Waals surface area (Å²) >= 11 is 0. The molecule has 164 valence electrons. The number of methoxy groups -OCH3 is 1. The van der Waals surface area contributed by atoms with E-state index >= 15 is 0 Å². The van der Waals surface area contributed by atoms with Crippen molar-refractivity contribution in [1.82, 2.24) is 9.78 Å². The number of alkyl halides is 3. The van der Waals surface area contributed by atoms with Crippen molar-refractivity contribution in [3.8, 4) is 5.75 Å². The molecule has 0 aliphatic rings. The van der Waals surface area contributed by atoms with Gasteiger partial charge in [-0.2, -0.15) is 18.3 Å². The lowest BCUT2D eigenvalue weighted by Crippen LogP contribution is -2.34. The second kappa shape index (κ2) is 9.61. The third-order valence-corrected chi connectivity index (χ3v) is 4.16. The van der Waals surface area contributed by atoms with E-state index < -0.39 is 41.1 Å². The van der Waals surface area contributed by atoms with E-state index in [1.807, 2.05) is 0 Å². The molecule has 0 bridgehead atoms. The monoisotopic (exact) mass is 429 g/mol. The molecule has 0 aliphatic heterocycles. The molecule has 2 atom stereocenters. The average Bonchev–Trinajstić information content (AvgIpc) is 2.67. The van der Waals surface area contributed by atoms with Crippen molar-refractivity contribution in [2.75, 3.05) is 19.0 Å². The molecule has 0 saturated carbocycles. The van der Waals surface area contributed by atoms with Crippen LogP contribution < -0.4 is 15.6 Å². The highest BCUT2D eigenvalue weighted by atomic mass is 19.4. The Morgan fingerprint density at radius 2 is 1.90 bits per heavy atom. The molecule has 8 nitrogen and oxygen atoms in total. The van der Waals surface area contributed by atoms with Crippen molar-refractivity contribution in [3.63, 3.8) is 0 Å². The molecule has 0 saturated heterocycles. The zero-order valence-electron chi connectivity index (χ0n) is 16.6. The Kier molecular flexibility index (Phi) is 7.43. The first-order chi connectivity index (χ1) is 14.0. The SMILES string of the molecule is COc1ccc(Cn2ncc(N[C@@H](C)COC(C)C(=O)O)c(C(F)(F)F)c2=O)cc1. The third kappa shape index (κ3) is 5.96. The number of rotatable bonds is 9. The number of hydrogen-bond acceptors (Lipinski definition) is 6. The van der Waals surface area contributed by atoms with Crippen LogP contribution >= 0.6 is 0 Å². The number of benzene rings is 1. The van der Waals surface area contributed by atoms with Gasteiger partial charge in [-0.1, -0.05) is 12.1 Å². The Bertz CT molecular complexity index is 928. The lowest BCUT2D eigenvalue weighted by Gasteiger charge is -2.20. The van der Waals surface area contributed by atoms with Crippen molar-refractivity contribution in [3.05, 3.63) is 51.9 Å². The molecule has 2 aromatic rings. The fourth-order valence-electron chi connectivity index (χ4n) is 2.56. The number of nitrogens with one attached hydrogen (secondary N) is 1. The van der Waals surface area contributed by atoms with Gasteiger partial charge in [-0.25, -0.2) is 9.48 Å². The summed E-state index contributed by atoms with van der Waals surface area (Å²) in [5, 5.41) is 15.2. The summed E-state index contributed by atoms with van der Waals surface area (Å²) < 4.78 is 51.6. The van der Waals surface area contributed by atoms with Gasteiger partial charge in [-0.05, 0) is 31.5 Å². The van der Waals surface area contributed by atoms with Gasteiger partial charge >= 0.3 is 12.1 Å². The largest absolute Gasteiger partial charge is 0.497 e. The van der Waals surface area contributed by atoms with E-state index in [2.05, 4.69) is 10.4 Å². The number of carboxylic acid groups (broad SMARTS) is 1. The van der Waals surface area contributed by atoms with Gasteiger partial charge < -0.3 is 19.9 Å². The van der Waals surface area contributed by atoms with Gasteiger partial charge in [0, 0.05) is 6.04 Å². The fraction of sp³-hybridized carbons (Fsp3) is 0.421. The summed E-state index contributed by atoms with van der Waals surface area (Å²) in [7, 11) is 1.48. The summed E-state index contributed by atoms with van der Waals surface area (Å²) in [6.45, 7) is 2.47. The van der Waals surface area contributed by atoms with Crippen LogP contribution in [0.4, 0.5) is 18.9 Å². The zero-order valence-corrected chi connectivity index (χ0v) is 16.6. The molecule has 0 aliphatic carbocycles. The summed E-state index contributed by atoms with van der Waals surface area (Å²) in [6, 6.07) is 5.79. The van der Waals surface area contributed by atoms with Gasteiger partial charge in [-0.15, -0.1) is 0 Å². The van der Waals surface area contributed by atoms with Crippen molar-refractivity contribution < 1.29 is 32.5 Å². The molecule has 2 N–H and O–H groups in total. The van der Waals surface area contributed by atoms with Crippen LogP contribution in [-0.4, -0.2) is 46.7 Å². The normalized spacial score (nSPS) is 13.5. The molecule has 1 heterocycles. The standard InChI is InChI=1S/C19H22F3N3O5/c1-11(10-30-12(2)18(27)28)24-15-8-23-25(17(26)16(15)19(20,21)22)9-13-4-6-14(29-3)7-5-13/h4-8,11-12,24H,9-10H2,1-3H3,(H,27,28)/t11-,12?/m0/s1. The molecule has 0 amide bonds. The highest BCUT2D eigenvalue weighted by molar-refractivity contribution is 5.71. The highest BCUT2D eigenvalue weighted by Gasteiger charge is 2.38. The van der Waals surface area contributed by atoms with E-state index in [0.29, 0.717) is 11.3 Å². The first-order valence-electron chi connectivity index (χ1n) is 8.94. The minimum absolute atomic E-state index is 0.152. The molecule has 1 aromatic carbocycles. The van der Waals surface area contributed by atoms with Crippen molar-refractivity contribution in [2.45, 2.75) is 38.7 Å². The quantitative estimate of drug-likeness (QED) is 0.632. The van der Waals surface area contributed by atoms with Crippen LogP contribution in [0.1, 0.15) is 25.0 Å². The van der Waals surface area contributed by atoms with Crippen LogP contribution in [0, 0.1) is 0 Å². The van der Waals surface area contributed by atoms with Crippen LogP contribution in [0.3, 0.4) is 0 Å².